The molecular weight excluding hydrogens is 1160 g/mol. The Morgan fingerprint density at radius 3 is 1.13 bits per heavy atom. The van der Waals surface area contributed by atoms with Crippen LogP contribution in [0.4, 0.5) is 0 Å². The summed E-state index contributed by atoms with van der Waals surface area (Å²) in [5.41, 5.74) is 15.3. The van der Waals surface area contributed by atoms with Crippen LogP contribution in [0.25, 0.3) is 49.3 Å². The smallest absolute Gasteiger partial charge is 0.199 e. The second-order valence-corrected chi connectivity index (χ2v) is 34.0. The van der Waals surface area contributed by atoms with Gasteiger partial charge in [0, 0.05) is 45.4 Å². The standard InChI is InChI=1S/C39H53NO2.C20H25N.C19H29IO2/c1-36(2,3)25-39(10,11)28-17-20-34(42-35-14-12-13-21-41-35)33(24-28)40-31-18-15-26(37(4,5)6)22-29(31)30-23-27(38(7,8)9)16-19-32(30)40;1-19(2,3)13-7-9-17-15(11-13)16-12-14(20(4,5)6)8-10-18(16)21-17;1-18(2,3)13-19(4,5)14-9-10-16(15(20)12-14)22-17-8-6-7-11-21-17/h15-20,22-24,35H,12-14,21,25H2,1-11H3;7-12,21H,1-6H3;9-10,12,17H,6-8,11,13H2,1-5H3. The van der Waals surface area contributed by atoms with Gasteiger partial charge in [0.25, 0.3) is 0 Å². The lowest BCUT2D eigenvalue weighted by Crippen LogP contribution is -2.26. The van der Waals surface area contributed by atoms with Crippen LogP contribution in [0, 0.1) is 14.4 Å². The molecule has 8 aromatic rings. The number of rotatable bonds is 9. The molecular formula is C78H107IN2O4. The van der Waals surface area contributed by atoms with Gasteiger partial charge in [-0.15, -0.1) is 0 Å². The van der Waals surface area contributed by atoms with Gasteiger partial charge in [-0.05, 0) is 211 Å². The van der Waals surface area contributed by atoms with Gasteiger partial charge in [0.15, 0.2) is 12.6 Å². The Bertz CT molecular complexity index is 3450. The fraction of sp³-hybridized carbons (Fsp3) is 0.538. The molecule has 0 amide bonds. The van der Waals surface area contributed by atoms with Crippen LogP contribution in [0.15, 0.2) is 109 Å². The van der Waals surface area contributed by atoms with Crippen LogP contribution in [0.3, 0.4) is 0 Å². The summed E-state index contributed by atoms with van der Waals surface area (Å²) in [4.78, 5) is 3.54. The van der Waals surface area contributed by atoms with Crippen LogP contribution in [-0.4, -0.2) is 35.3 Å². The van der Waals surface area contributed by atoms with Gasteiger partial charge < -0.3 is 28.5 Å². The van der Waals surface area contributed by atoms with E-state index in [-0.39, 0.29) is 50.5 Å². The summed E-state index contributed by atoms with van der Waals surface area (Å²) in [5, 5.41) is 5.26. The first-order chi connectivity index (χ1) is 39.3. The van der Waals surface area contributed by atoms with E-state index in [4.69, 9.17) is 18.9 Å². The van der Waals surface area contributed by atoms with E-state index in [0.717, 1.165) is 75.3 Å². The minimum Gasteiger partial charge on any atom is -0.464 e. The van der Waals surface area contributed by atoms with Crippen LogP contribution >= 0.6 is 22.6 Å². The van der Waals surface area contributed by atoms with Gasteiger partial charge in [-0.2, -0.15) is 0 Å². The molecule has 85 heavy (non-hydrogen) atoms. The molecule has 10 rings (SSSR count). The second-order valence-electron chi connectivity index (χ2n) is 32.8. The molecule has 6 aromatic carbocycles. The first-order valence-corrected chi connectivity index (χ1v) is 33.0. The van der Waals surface area contributed by atoms with Crippen molar-refractivity contribution in [3.8, 4) is 17.2 Å². The first-order valence-electron chi connectivity index (χ1n) is 31.9. The van der Waals surface area contributed by atoms with Crippen molar-refractivity contribution >= 4 is 66.2 Å². The highest BCUT2D eigenvalue weighted by Crippen LogP contribution is 2.44. The van der Waals surface area contributed by atoms with Gasteiger partial charge in [0.1, 0.15) is 11.5 Å². The van der Waals surface area contributed by atoms with Crippen LogP contribution in [0.5, 0.6) is 11.5 Å². The van der Waals surface area contributed by atoms with Crippen molar-refractivity contribution < 1.29 is 18.9 Å². The Balaban J connectivity index is 0.000000183. The van der Waals surface area contributed by atoms with Gasteiger partial charge in [0.05, 0.1) is 33.5 Å². The summed E-state index contributed by atoms with van der Waals surface area (Å²) in [7, 11) is 0. The van der Waals surface area contributed by atoms with Gasteiger partial charge in [0.2, 0.25) is 0 Å². The largest absolute Gasteiger partial charge is 0.464 e. The maximum Gasteiger partial charge on any atom is 0.199 e. The maximum atomic E-state index is 6.69. The molecule has 0 saturated carbocycles. The Labute approximate surface area is 527 Å². The Kier molecular flexibility index (Phi) is 19.4. The highest BCUT2D eigenvalue weighted by molar-refractivity contribution is 14.1. The molecule has 4 heterocycles. The molecule has 2 saturated heterocycles. The molecule has 2 aromatic heterocycles. The van der Waals surface area contributed by atoms with E-state index >= 15 is 0 Å². The van der Waals surface area contributed by atoms with Gasteiger partial charge in [-0.3, -0.25) is 0 Å². The first kappa shape index (κ1) is 66.1. The number of nitrogens with one attached hydrogen (secondary N) is 1. The predicted molar refractivity (Wildman–Crippen MR) is 373 cm³/mol. The number of H-pyrrole nitrogens is 1. The summed E-state index contributed by atoms with van der Waals surface area (Å²) in [6.45, 7) is 52.3. The summed E-state index contributed by atoms with van der Waals surface area (Å²) in [6, 6.07) is 41.1. The minimum absolute atomic E-state index is 0.00440. The third-order valence-corrected chi connectivity index (χ3v) is 18.1. The molecule has 2 aliphatic rings. The average Bonchev–Trinajstić information content (AvgIpc) is 1.69. The molecule has 1 N–H and O–H groups in total. The third kappa shape index (κ3) is 16.5. The number of ether oxygens (including phenoxy) is 4. The lowest BCUT2D eigenvalue weighted by molar-refractivity contribution is -0.106. The van der Waals surface area contributed by atoms with E-state index in [9.17, 15) is 0 Å². The zero-order valence-electron chi connectivity index (χ0n) is 56.6. The number of aromatic nitrogens is 2. The van der Waals surface area contributed by atoms with Crippen molar-refractivity contribution in [1.82, 2.24) is 9.55 Å². The highest BCUT2D eigenvalue weighted by Gasteiger charge is 2.32. The fourth-order valence-electron chi connectivity index (χ4n) is 13.0. The average molecular weight is 1260 g/mol. The quantitative estimate of drug-likeness (QED) is 0.146. The Morgan fingerprint density at radius 2 is 0.765 bits per heavy atom. The van der Waals surface area contributed by atoms with E-state index < -0.39 is 0 Å². The molecule has 7 heteroatoms. The molecule has 2 aliphatic heterocycles. The van der Waals surface area contributed by atoms with E-state index in [0.29, 0.717) is 5.41 Å². The molecule has 0 radical (unpaired) electrons. The van der Waals surface area contributed by atoms with Crippen LogP contribution in [0.1, 0.15) is 237 Å². The van der Waals surface area contributed by atoms with Gasteiger partial charge in [-0.1, -0.05) is 189 Å². The zero-order chi connectivity index (χ0) is 62.5. The van der Waals surface area contributed by atoms with Crippen LogP contribution in [-0.2, 0) is 42.0 Å². The predicted octanol–water partition coefficient (Wildman–Crippen LogP) is 22.8. The highest BCUT2D eigenvalue weighted by atomic mass is 127. The number of fused-ring (bicyclic) bond motifs is 6. The monoisotopic (exact) mass is 1260 g/mol. The molecule has 0 spiro atoms. The summed E-state index contributed by atoms with van der Waals surface area (Å²) >= 11 is 2.38. The number of halogens is 1. The van der Waals surface area contributed by atoms with Crippen LogP contribution < -0.4 is 9.47 Å². The van der Waals surface area contributed by atoms with E-state index in [1.54, 1.807) is 0 Å². The molecule has 0 bridgehead atoms. The molecule has 6 nitrogen and oxygen atoms in total. The summed E-state index contributed by atoms with van der Waals surface area (Å²) in [6.07, 6.45) is 8.46. The van der Waals surface area contributed by atoms with Crippen molar-refractivity contribution in [2.24, 2.45) is 10.8 Å². The van der Waals surface area contributed by atoms with Crippen molar-refractivity contribution in [1.29, 1.82) is 0 Å². The molecule has 2 fully saturated rings. The number of hydrogen-bond donors (Lipinski definition) is 1. The van der Waals surface area contributed by atoms with Crippen molar-refractivity contribution in [3.63, 3.8) is 0 Å². The topological polar surface area (TPSA) is 57.6 Å². The normalized spacial score (nSPS) is 17.0. The number of benzene rings is 6. The third-order valence-electron chi connectivity index (χ3n) is 17.3. The number of aromatic amines is 1. The van der Waals surface area contributed by atoms with Crippen molar-refractivity contribution in [3.05, 3.63) is 146 Å². The number of nitrogens with zero attached hydrogens (tertiary/aromatic N) is 1. The lowest BCUT2D eigenvalue weighted by Gasteiger charge is -2.34. The Hall–Kier alpha value is -4.83. The molecule has 0 aliphatic carbocycles. The van der Waals surface area contributed by atoms with Gasteiger partial charge >= 0.3 is 0 Å². The second kappa shape index (κ2) is 25.0. The van der Waals surface area contributed by atoms with E-state index in [2.05, 4.69) is 294 Å². The van der Waals surface area contributed by atoms with Crippen molar-refractivity contribution in [2.45, 2.75) is 249 Å². The fourth-order valence-corrected chi connectivity index (χ4v) is 13.7. The number of hydrogen-bond acceptors (Lipinski definition) is 4. The lowest BCUT2D eigenvalue weighted by atomic mass is 9.72. The summed E-state index contributed by atoms with van der Waals surface area (Å²) < 4.78 is 28.1. The molecule has 460 valence electrons. The van der Waals surface area contributed by atoms with Crippen molar-refractivity contribution in [2.75, 3.05) is 13.2 Å². The maximum absolute atomic E-state index is 6.69. The minimum atomic E-state index is -0.209. The Morgan fingerprint density at radius 1 is 0.412 bits per heavy atom. The molecule has 2 unspecified atom stereocenters. The van der Waals surface area contributed by atoms with Gasteiger partial charge in [-0.25, -0.2) is 0 Å². The summed E-state index contributed by atoms with van der Waals surface area (Å²) in [5.74, 6) is 1.83. The van der Waals surface area contributed by atoms with Crippen LogP contribution in [0.2, 0.25) is 0 Å². The van der Waals surface area contributed by atoms with E-state index in [1.807, 2.05) is 0 Å². The zero-order valence-corrected chi connectivity index (χ0v) is 58.7. The van der Waals surface area contributed by atoms with E-state index in [1.165, 1.54) is 87.0 Å². The molecule has 2 atom stereocenters. The SMILES string of the molecule is CC(C)(C)CC(C)(C)c1ccc(OC2CCCCO2)c(-n2c3ccc(C(C)(C)C)cc3c3cc(C(C)(C)C)ccc32)c1.CC(C)(C)CC(C)(C)c1ccc(OC2CCCCO2)c(I)c1.CC(C)(C)c1ccc2[nH]c3ccc(C(C)(C)C)cc3c2c1.